The van der Waals surface area contributed by atoms with Gasteiger partial charge in [-0.2, -0.15) is 0 Å². The second-order valence-electron chi connectivity index (χ2n) is 5.36. The predicted octanol–water partition coefficient (Wildman–Crippen LogP) is 2.91. The van der Waals surface area contributed by atoms with Gasteiger partial charge < -0.3 is 15.0 Å². The van der Waals surface area contributed by atoms with E-state index in [9.17, 15) is 14.9 Å². The van der Waals surface area contributed by atoms with Crippen molar-refractivity contribution in [2.45, 2.75) is 6.42 Å². The number of aromatic amines is 1. The molecule has 3 aromatic rings. The van der Waals surface area contributed by atoms with E-state index in [0.29, 0.717) is 18.7 Å². The summed E-state index contributed by atoms with van der Waals surface area (Å²) in [4.78, 5) is 29.9. The van der Waals surface area contributed by atoms with Crippen LogP contribution in [0.25, 0.3) is 11.0 Å². The monoisotopic (exact) mass is 340 g/mol. The number of fused-ring (bicyclic) bond motifs is 1. The van der Waals surface area contributed by atoms with Crippen LogP contribution in [0.5, 0.6) is 0 Å². The van der Waals surface area contributed by atoms with Crippen molar-refractivity contribution >= 4 is 28.4 Å². The highest BCUT2D eigenvalue weighted by atomic mass is 16.6. The minimum absolute atomic E-state index is 0.136. The molecule has 3 rings (SSSR count). The van der Waals surface area contributed by atoms with Crippen LogP contribution in [0, 0.1) is 10.1 Å². The second kappa shape index (κ2) is 7.00. The van der Waals surface area contributed by atoms with Crippen LogP contribution in [0.1, 0.15) is 16.2 Å². The lowest BCUT2D eigenvalue weighted by Gasteiger charge is -2.07. The number of benzene rings is 2. The molecule has 0 aliphatic carbocycles. The van der Waals surface area contributed by atoms with Gasteiger partial charge in [-0.25, -0.2) is 9.78 Å². The van der Waals surface area contributed by atoms with Gasteiger partial charge in [0.2, 0.25) is 0 Å². The van der Waals surface area contributed by atoms with Crippen LogP contribution in [-0.4, -0.2) is 34.5 Å². The molecule has 2 aromatic carbocycles. The van der Waals surface area contributed by atoms with E-state index in [-0.39, 0.29) is 11.3 Å². The predicted molar refractivity (Wildman–Crippen MR) is 92.7 cm³/mol. The zero-order chi connectivity index (χ0) is 17.8. The molecule has 0 atom stereocenters. The molecule has 0 fully saturated rings. The van der Waals surface area contributed by atoms with E-state index in [0.717, 1.165) is 16.9 Å². The first-order valence-corrected chi connectivity index (χ1v) is 7.62. The van der Waals surface area contributed by atoms with Crippen LogP contribution in [0.4, 0.5) is 11.4 Å². The van der Waals surface area contributed by atoms with Gasteiger partial charge in [0.25, 0.3) is 5.69 Å². The Bertz CT molecular complexity index is 902. The average molecular weight is 340 g/mol. The highest BCUT2D eigenvalue weighted by molar-refractivity contribution is 5.91. The lowest BCUT2D eigenvalue weighted by molar-refractivity contribution is -0.384. The molecule has 8 heteroatoms. The van der Waals surface area contributed by atoms with Gasteiger partial charge in [-0.05, 0) is 24.3 Å². The Hall–Kier alpha value is -3.42. The van der Waals surface area contributed by atoms with Gasteiger partial charge in [0.15, 0.2) is 0 Å². The van der Waals surface area contributed by atoms with Crippen LogP contribution >= 0.6 is 0 Å². The Morgan fingerprint density at radius 2 is 2.12 bits per heavy atom. The molecule has 25 heavy (non-hydrogen) atoms. The van der Waals surface area contributed by atoms with Crippen molar-refractivity contribution < 1.29 is 14.5 Å². The molecule has 0 saturated carbocycles. The number of carbonyl (C=O) groups excluding carboxylic acids is 1. The van der Waals surface area contributed by atoms with Crippen LogP contribution in [0.15, 0.2) is 42.5 Å². The Kier molecular flexibility index (Phi) is 4.60. The van der Waals surface area contributed by atoms with Crippen molar-refractivity contribution in [3.05, 3.63) is 64.0 Å². The van der Waals surface area contributed by atoms with E-state index in [1.54, 1.807) is 0 Å². The number of nitro benzene ring substituents is 1. The summed E-state index contributed by atoms with van der Waals surface area (Å²) in [6.45, 7) is 0.457. The summed E-state index contributed by atoms with van der Waals surface area (Å²) in [6, 6.07) is 11.9. The summed E-state index contributed by atoms with van der Waals surface area (Å²) in [5.41, 5.74) is 2.13. The molecule has 0 bridgehead atoms. The number of esters is 1. The van der Waals surface area contributed by atoms with Crippen molar-refractivity contribution in [2.75, 3.05) is 19.0 Å². The van der Waals surface area contributed by atoms with E-state index >= 15 is 0 Å². The Balaban J connectivity index is 1.71. The molecule has 2 N–H and O–H groups in total. The standard InChI is InChI=1S/C17H16N4O4/c1-25-17(22)11-6-7-14(15(10-11)21(23)24)18-9-8-16-19-12-4-2-3-5-13(12)20-16/h2-7,10,18H,8-9H2,1H3,(H,19,20). The summed E-state index contributed by atoms with van der Waals surface area (Å²) in [5.74, 6) is 0.180. The molecule has 1 aromatic heterocycles. The summed E-state index contributed by atoms with van der Waals surface area (Å²) in [7, 11) is 1.23. The first kappa shape index (κ1) is 16.4. The maximum atomic E-state index is 11.5. The zero-order valence-electron chi connectivity index (χ0n) is 13.5. The maximum Gasteiger partial charge on any atom is 0.338 e. The molecule has 0 amide bonds. The fourth-order valence-corrected chi connectivity index (χ4v) is 2.52. The number of hydrogen-bond donors (Lipinski definition) is 2. The molecule has 0 aliphatic rings. The number of nitrogens with zero attached hydrogens (tertiary/aromatic N) is 2. The number of nitro groups is 1. The van der Waals surface area contributed by atoms with Gasteiger partial charge in [0.05, 0.1) is 28.6 Å². The van der Waals surface area contributed by atoms with E-state index in [1.807, 2.05) is 24.3 Å². The van der Waals surface area contributed by atoms with E-state index < -0.39 is 10.9 Å². The minimum atomic E-state index is -0.614. The second-order valence-corrected chi connectivity index (χ2v) is 5.36. The zero-order valence-corrected chi connectivity index (χ0v) is 13.5. The number of ether oxygens (including phenoxy) is 1. The molecule has 0 saturated heterocycles. The highest BCUT2D eigenvalue weighted by Gasteiger charge is 2.17. The molecule has 0 aliphatic heterocycles. The molecule has 1 heterocycles. The third-order valence-corrected chi connectivity index (χ3v) is 3.73. The topological polar surface area (TPSA) is 110 Å². The van der Waals surface area contributed by atoms with Crippen molar-refractivity contribution in [1.82, 2.24) is 9.97 Å². The number of carbonyl (C=O) groups is 1. The number of hydrogen-bond acceptors (Lipinski definition) is 6. The van der Waals surface area contributed by atoms with Crippen LogP contribution in [-0.2, 0) is 11.2 Å². The van der Waals surface area contributed by atoms with E-state index in [2.05, 4.69) is 20.0 Å². The first-order valence-electron chi connectivity index (χ1n) is 7.62. The highest BCUT2D eigenvalue weighted by Crippen LogP contribution is 2.26. The van der Waals surface area contributed by atoms with Crippen molar-refractivity contribution in [1.29, 1.82) is 0 Å². The fourth-order valence-electron chi connectivity index (χ4n) is 2.52. The fraction of sp³-hybridized carbons (Fsp3) is 0.176. The molecule has 0 unspecified atom stereocenters. The third kappa shape index (κ3) is 3.57. The van der Waals surface area contributed by atoms with Gasteiger partial charge in [-0.3, -0.25) is 10.1 Å². The number of nitrogens with one attached hydrogen (secondary N) is 2. The summed E-state index contributed by atoms with van der Waals surface area (Å²) >= 11 is 0. The van der Waals surface area contributed by atoms with Crippen molar-refractivity contribution in [3.8, 4) is 0 Å². The molecular formula is C17H16N4O4. The quantitative estimate of drug-likeness (QED) is 0.405. The van der Waals surface area contributed by atoms with Crippen LogP contribution in [0.2, 0.25) is 0 Å². The number of para-hydroxylation sites is 2. The maximum absolute atomic E-state index is 11.5. The Morgan fingerprint density at radius 3 is 2.84 bits per heavy atom. The molecular weight excluding hydrogens is 324 g/mol. The number of H-pyrrole nitrogens is 1. The van der Waals surface area contributed by atoms with Gasteiger partial charge in [0.1, 0.15) is 11.5 Å². The van der Waals surface area contributed by atoms with E-state index in [1.165, 1.54) is 25.3 Å². The summed E-state index contributed by atoms with van der Waals surface area (Å²) < 4.78 is 4.58. The van der Waals surface area contributed by atoms with E-state index in [4.69, 9.17) is 0 Å². The van der Waals surface area contributed by atoms with Crippen molar-refractivity contribution in [3.63, 3.8) is 0 Å². The smallest absolute Gasteiger partial charge is 0.338 e. The summed E-state index contributed by atoms with van der Waals surface area (Å²) in [6.07, 6.45) is 0.574. The number of aromatic nitrogens is 2. The minimum Gasteiger partial charge on any atom is -0.465 e. The summed E-state index contributed by atoms with van der Waals surface area (Å²) in [5, 5.41) is 14.2. The normalized spacial score (nSPS) is 10.6. The van der Waals surface area contributed by atoms with Gasteiger partial charge in [-0.1, -0.05) is 12.1 Å². The third-order valence-electron chi connectivity index (χ3n) is 3.73. The average Bonchev–Trinajstić information content (AvgIpc) is 3.03. The van der Waals surface area contributed by atoms with Crippen LogP contribution < -0.4 is 5.32 Å². The Morgan fingerprint density at radius 1 is 1.32 bits per heavy atom. The van der Waals surface area contributed by atoms with Crippen molar-refractivity contribution in [2.24, 2.45) is 0 Å². The Labute approximate surface area is 143 Å². The largest absolute Gasteiger partial charge is 0.465 e. The SMILES string of the molecule is COC(=O)c1ccc(NCCc2nc3ccccc3[nH]2)c([N+](=O)[O-])c1. The van der Waals surface area contributed by atoms with Gasteiger partial charge >= 0.3 is 5.97 Å². The molecule has 8 nitrogen and oxygen atoms in total. The lowest BCUT2D eigenvalue weighted by Crippen LogP contribution is -2.09. The lowest BCUT2D eigenvalue weighted by atomic mass is 10.1. The number of imidazole rings is 1. The molecule has 0 radical (unpaired) electrons. The van der Waals surface area contributed by atoms with Gasteiger partial charge in [0, 0.05) is 19.0 Å². The van der Waals surface area contributed by atoms with Crippen LogP contribution in [0.3, 0.4) is 0 Å². The molecule has 128 valence electrons. The first-order chi connectivity index (χ1) is 12.1. The molecule has 0 spiro atoms. The number of methoxy groups -OCH3 is 1. The van der Waals surface area contributed by atoms with Gasteiger partial charge in [-0.15, -0.1) is 0 Å². The number of anilines is 1. The number of rotatable bonds is 6.